The molecule has 2 aliphatic rings. The second-order valence-corrected chi connectivity index (χ2v) is 9.48. The van der Waals surface area contributed by atoms with E-state index in [1.54, 1.807) is 6.92 Å². The van der Waals surface area contributed by atoms with E-state index < -0.39 is 29.9 Å². The molecule has 1 fully saturated rings. The molecular formula is C16H16ClFN4O4S3. The van der Waals surface area contributed by atoms with Crippen LogP contribution in [0.1, 0.15) is 17.6 Å². The van der Waals surface area contributed by atoms with Gasteiger partial charge in [-0.15, -0.1) is 35.7 Å². The Morgan fingerprint density at radius 3 is 2.83 bits per heavy atom. The number of oxime groups is 1. The van der Waals surface area contributed by atoms with Crippen molar-refractivity contribution in [2.24, 2.45) is 5.16 Å². The number of carbonyl (C=O) groups is 3. The van der Waals surface area contributed by atoms with Gasteiger partial charge in [-0.25, -0.2) is 9.37 Å². The highest BCUT2D eigenvalue weighted by molar-refractivity contribution is 8.01. The zero-order valence-electron chi connectivity index (χ0n) is 15.3. The van der Waals surface area contributed by atoms with Gasteiger partial charge in [-0.05, 0) is 6.92 Å². The van der Waals surface area contributed by atoms with Crippen molar-refractivity contribution in [1.82, 2.24) is 15.2 Å². The van der Waals surface area contributed by atoms with Crippen molar-refractivity contribution in [3.63, 3.8) is 0 Å². The number of fused-ring (bicyclic) bond motifs is 1. The molecule has 1 aromatic heterocycles. The van der Waals surface area contributed by atoms with Crippen LogP contribution in [-0.2, 0) is 19.2 Å². The third-order valence-corrected chi connectivity index (χ3v) is 7.06. The Morgan fingerprint density at radius 1 is 1.52 bits per heavy atom. The molecule has 0 spiro atoms. The number of alkyl halides is 1. The smallest absolute Gasteiger partial charge is 0.276 e. The molecule has 1 N–H and O–H groups in total. The molecule has 13 heteroatoms. The highest BCUT2D eigenvalue weighted by atomic mass is 35.5. The molecule has 3 rings (SSSR count). The predicted octanol–water partition coefficient (Wildman–Crippen LogP) is 1.93. The van der Waals surface area contributed by atoms with Crippen LogP contribution in [0, 0.1) is 6.92 Å². The first kappa shape index (κ1) is 22.1. The summed E-state index contributed by atoms with van der Waals surface area (Å²) in [5.41, 5.74) is 0.0791. The van der Waals surface area contributed by atoms with Gasteiger partial charge in [0.05, 0.1) is 10.7 Å². The molecule has 0 saturated carbocycles. The Bertz CT molecular complexity index is 935. The molecule has 156 valence electrons. The molecule has 3 heterocycles. The number of amides is 2. The maximum atomic E-state index is 12.8. The van der Waals surface area contributed by atoms with Crippen LogP contribution in [0.2, 0.25) is 4.34 Å². The highest BCUT2D eigenvalue weighted by Crippen LogP contribution is 2.41. The lowest BCUT2D eigenvalue weighted by Crippen LogP contribution is -2.70. The standard InChI is InChI=1S/C16H16ClFN4O4S3/c1-6(23)12-8(27)5-28-16-11(15(25)22(12)16)20-14(24)10(21-26-4-3-18)9-13(17)29-7(2)19-9/h11,16,27H,3-5H2,1-2H3,(H,20,24)/b21-10+/t11-,16-/m1/s1. The number of hydrogen-bond donors (Lipinski definition) is 2. The maximum absolute atomic E-state index is 12.8. The van der Waals surface area contributed by atoms with E-state index in [1.165, 1.54) is 23.6 Å². The summed E-state index contributed by atoms with van der Waals surface area (Å²) in [6.07, 6.45) is 0. The topological polar surface area (TPSA) is 101 Å². The van der Waals surface area contributed by atoms with E-state index in [9.17, 15) is 18.8 Å². The number of halogens is 2. The minimum atomic E-state index is -0.867. The molecule has 0 radical (unpaired) electrons. The zero-order chi connectivity index (χ0) is 21.3. The predicted molar refractivity (Wildman–Crippen MR) is 112 cm³/mol. The Kier molecular flexibility index (Phi) is 6.87. The average Bonchev–Trinajstić information content (AvgIpc) is 3.00. The van der Waals surface area contributed by atoms with Crippen molar-refractivity contribution in [3.05, 3.63) is 25.6 Å². The minimum Gasteiger partial charge on any atom is -0.392 e. The van der Waals surface area contributed by atoms with Crippen LogP contribution in [0.15, 0.2) is 15.8 Å². The number of carbonyl (C=O) groups excluding carboxylic acids is 3. The maximum Gasteiger partial charge on any atom is 0.276 e. The number of allylic oxidation sites excluding steroid dienone is 1. The molecule has 1 saturated heterocycles. The molecule has 0 unspecified atom stereocenters. The second kappa shape index (κ2) is 9.02. The SMILES string of the molecule is CC(=O)C1=C(S)CS[C@@H]2[C@H](NC(=O)/C(=N/OCCF)c3nc(C)sc3Cl)C(=O)N12. The van der Waals surface area contributed by atoms with Crippen molar-refractivity contribution in [3.8, 4) is 0 Å². The lowest BCUT2D eigenvalue weighted by molar-refractivity contribution is -0.146. The van der Waals surface area contributed by atoms with Crippen LogP contribution >= 0.6 is 47.3 Å². The third-order valence-electron chi connectivity index (χ3n) is 4.02. The van der Waals surface area contributed by atoms with Gasteiger partial charge in [-0.3, -0.25) is 19.3 Å². The molecule has 2 atom stereocenters. The second-order valence-electron chi connectivity index (χ2n) is 6.03. The summed E-state index contributed by atoms with van der Waals surface area (Å²) in [4.78, 5) is 48.1. The summed E-state index contributed by atoms with van der Waals surface area (Å²) in [6, 6.07) is -0.867. The average molecular weight is 479 g/mol. The first-order chi connectivity index (χ1) is 13.8. The number of aromatic nitrogens is 1. The fourth-order valence-electron chi connectivity index (χ4n) is 2.84. The van der Waals surface area contributed by atoms with Crippen LogP contribution in [-0.4, -0.2) is 63.6 Å². The van der Waals surface area contributed by atoms with Crippen molar-refractivity contribution in [2.75, 3.05) is 19.0 Å². The number of thiazole rings is 1. The van der Waals surface area contributed by atoms with Gasteiger partial charge in [0, 0.05) is 17.6 Å². The van der Waals surface area contributed by atoms with Gasteiger partial charge in [0.1, 0.15) is 34.7 Å². The van der Waals surface area contributed by atoms with E-state index in [0.717, 1.165) is 11.3 Å². The van der Waals surface area contributed by atoms with Crippen molar-refractivity contribution in [1.29, 1.82) is 0 Å². The number of Topliss-reactive ketones (excluding diaryl/α,β-unsaturated/α-hetero) is 1. The lowest BCUT2D eigenvalue weighted by atomic mass is 10.0. The third kappa shape index (κ3) is 4.30. The number of ketones is 1. The Balaban J connectivity index is 1.81. The number of hydrogen-bond acceptors (Lipinski definition) is 9. The van der Waals surface area contributed by atoms with Gasteiger partial charge < -0.3 is 10.2 Å². The highest BCUT2D eigenvalue weighted by Gasteiger charge is 2.53. The van der Waals surface area contributed by atoms with Gasteiger partial charge in [0.2, 0.25) is 0 Å². The number of nitrogens with one attached hydrogen (secondary N) is 1. The van der Waals surface area contributed by atoms with Gasteiger partial charge in [-0.2, -0.15) is 0 Å². The molecule has 0 bridgehead atoms. The number of thiol groups is 1. The first-order valence-corrected chi connectivity index (χ1v) is 11.0. The number of thioether (sulfide) groups is 1. The zero-order valence-corrected chi connectivity index (χ0v) is 18.6. The summed E-state index contributed by atoms with van der Waals surface area (Å²) >= 11 is 12.9. The van der Waals surface area contributed by atoms with E-state index in [2.05, 4.69) is 28.1 Å². The van der Waals surface area contributed by atoms with Crippen LogP contribution in [0.25, 0.3) is 0 Å². The van der Waals surface area contributed by atoms with Gasteiger partial charge in [0.25, 0.3) is 11.8 Å². The fraction of sp³-hybridized carbons (Fsp3) is 0.438. The summed E-state index contributed by atoms with van der Waals surface area (Å²) in [7, 11) is 0. The quantitative estimate of drug-likeness (QED) is 0.204. The van der Waals surface area contributed by atoms with Crippen molar-refractivity contribution >= 4 is 70.6 Å². The molecule has 0 aromatic carbocycles. The molecule has 29 heavy (non-hydrogen) atoms. The van der Waals surface area contributed by atoms with Crippen LogP contribution in [0.5, 0.6) is 0 Å². The number of nitrogens with zero attached hydrogens (tertiary/aromatic N) is 3. The minimum absolute atomic E-state index is 0.0902. The van der Waals surface area contributed by atoms with Gasteiger partial charge in [0.15, 0.2) is 11.5 Å². The van der Waals surface area contributed by atoms with Crippen LogP contribution < -0.4 is 5.32 Å². The van der Waals surface area contributed by atoms with E-state index in [0.29, 0.717) is 15.7 Å². The Labute approximate surface area is 184 Å². The van der Waals surface area contributed by atoms with E-state index in [4.69, 9.17) is 16.4 Å². The largest absolute Gasteiger partial charge is 0.392 e. The summed E-state index contributed by atoms with van der Waals surface area (Å²) in [5, 5.41) is 6.42. The molecule has 2 aliphatic heterocycles. The number of aryl methyl sites for hydroxylation is 1. The summed E-state index contributed by atoms with van der Waals surface area (Å²) in [6.45, 7) is 1.93. The van der Waals surface area contributed by atoms with Crippen molar-refractivity contribution < 1.29 is 23.6 Å². The monoisotopic (exact) mass is 478 g/mol. The van der Waals surface area contributed by atoms with Crippen LogP contribution in [0.4, 0.5) is 4.39 Å². The summed E-state index contributed by atoms with van der Waals surface area (Å²) in [5.74, 6) is -1.00. The first-order valence-electron chi connectivity index (χ1n) is 8.34. The Hall–Kier alpha value is -1.63. The van der Waals surface area contributed by atoms with Gasteiger partial charge >= 0.3 is 0 Å². The van der Waals surface area contributed by atoms with Gasteiger partial charge in [-0.1, -0.05) is 16.8 Å². The van der Waals surface area contributed by atoms with Crippen LogP contribution in [0.3, 0.4) is 0 Å². The Morgan fingerprint density at radius 2 is 2.24 bits per heavy atom. The molecule has 1 aromatic rings. The van der Waals surface area contributed by atoms with E-state index in [1.807, 2.05) is 0 Å². The molecule has 0 aliphatic carbocycles. The molecule has 2 amide bonds. The number of rotatable bonds is 7. The van der Waals surface area contributed by atoms with E-state index in [-0.39, 0.29) is 33.8 Å². The normalized spacial score (nSPS) is 21.6. The summed E-state index contributed by atoms with van der Waals surface area (Å²) < 4.78 is 12.6. The molecule has 8 nitrogen and oxygen atoms in total. The van der Waals surface area contributed by atoms with E-state index >= 15 is 0 Å². The number of β-lactam (4-membered cyclic amide) rings is 1. The molecular weight excluding hydrogens is 463 g/mol. The van der Waals surface area contributed by atoms with Crippen molar-refractivity contribution in [2.45, 2.75) is 25.3 Å². The lowest BCUT2D eigenvalue weighted by Gasteiger charge is -2.49. The fourth-order valence-corrected chi connectivity index (χ4v) is 5.64.